The summed E-state index contributed by atoms with van der Waals surface area (Å²) in [5.41, 5.74) is 2.96. The molecule has 4 saturated carbocycles. The van der Waals surface area contributed by atoms with Crippen LogP contribution in [0.4, 0.5) is 0 Å². The molecule has 8 atom stereocenters. The Balaban J connectivity index is 1.31. The Morgan fingerprint density at radius 3 is 2.30 bits per heavy atom. The van der Waals surface area contributed by atoms with Gasteiger partial charge in [0.1, 0.15) is 5.75 Å². The van der Waals surface area contributed by atoms with E-state index in [0.29, 0.717) is 24.8 Å². The first-order valence-electron chi connectivity index (χ1n) is 17.5. The Hall–Kier alpha value is -2.14. The van der Waals surface area contributed by atoms with Gasteiger partial charge in [-0.05, 0) is 132 Å². The Morgan fingerprint density at radius 1 is 0.932 bits per heavy atom. The maximum atomic E-state index is 14.3. The van der Waals surface area contributed by atoms with Gasteiger partial charge < -0.3 is 15.2 Å². The van der Waals surface area contributed by atoms with Crippen LogP contribution in [0.5, 0.6) is 5.75 Å². The highest BCUT2D eigenvalue weighted by Crippen LogP contribution is 2.76. The highest BCUT2D eigenvalue weighted by Gasteiger charge is 2.70. The highest BCUT2D eigenvalue weighted by atomic mass is 16.5. The molecule has 5 aliphatic carbocycles. The van der Waals surface area contributed by atoms with E-state index in [1.165, 1.54) is 12.0 Å². The van der Waals surface area contributed by atoms with Gasteiger partial charge >= 0.3 is 0 Å². The van der Waals surface area contributed by atoms with Gasteiger partial charge in [0.15, 0.2) is 5.78 Å². The zero-order chi connectivity index (χ0) is 31.9. The lowest BCUT2D eigenvalue weighted by molar-refractivity contribution is -0.228. The number of aliphatic hydroxyl groups is 1. The second kappa shape index (κ2) is 10.7. The molecular weight excluding hydrogens is 546 g/mol. The fourth-order valence-electron chi connectivity index (χ4n) is 12.2. The first-order valence-corrected chi connectivity index (χ1v) is 17.5. The zero-order valence-corrected chi connectivity index (χ0v) is 28.6. The third-order valence-electron chi connectivity index (χ3n) is 14.7. The van der Waals surface area contributed by atoms with E-state index in [-0.39, 0.29) is 51.3 Å². The molecule has 5 aliphatic rings. The number of fused-ring (bicyclic) bond motifs is 7. The summed E-state index contributed by atoms with van der Waals surface area (Å²) >= 11 is 0. The first-order chi connectivity index (χ1) is 20.7. The van der Waals surface area contributed by atoms with Crippen molar-refractivity contribution in [2.24, 2.45) is 50.7 Å². The standard InChI is InChI=1S/C39H57NO4/c1-24(2)32-28(41)23-39(34(43)40-22-17-25-9-11-26(44-8)12-10-25)21-20-37(6)27(33(32)39)13-14-30-36(5)18-16-31(42)35(3,4)29(36)15-19-38(30,37)7/h9-12,24,27,29-31,42H,13-23H2,1-8H3,(H,40,43)/t27-,29?,30?,31+,36+,37-,38-,39-/m1/s1. The van der Waals surface area contributed by atoms with E-state index in [9.17, 15) is 14.7 Å². The number of Topliss-reactive ketones (excluding diaryl/α,β-unsaturated/α-hetero) is 1. The monoisotopic (exact) mass is 603 g/mol. The summed E-state index contributed by atoms with van der Waals surface area (Å²) in [5.74, 6) is 2.60. The Bertz CT molecular complexity index is 1340. The molecule has 0 bridgehead atoms. The van der Waals surface area contributed by atoms with Crippen molar-refractivity contribution in [2.75, 3.05) is 13.7 Å². The molecule has 4 fully saturated rings. The van der Waals surface area contributed by atoms with Crippen molar-refractivity contribution >= 4 is 11.7 Å². The third-order valence-corrected chi connectivity index (χ3v) is 14.7. The van der Waals surface area contributed by atoms with Gasteiger partial charge in [0.05, 0.1) is 18.6 Å². The number of rotatable bonds is 6. The number of aliphatic hydroxyl groups excluding tert-OH is 1. The lowest BCUT2D eigenvalue weighted by Crippen LogP contribution is -2.66. The minimum absolute atomic E-state index is 0.0388. The maximum Gasteiger partial charge on any atom is 0.230 e. The van der Waals surface area contributed by atoms with Crippen molar-refractivity contribution in [3.8, 4) is 5.75 Å². The van der Waals surface area contributed by atoms with Gasteiger partial charge in [-0.1, -0.05) is 60.6 Å². The van der Waals surface area contributed by atoms with Crippen LogP contribution >= 0.6 is 0 Å². The second-order valence-electron chi connectivity index (χ2n) is 17.0. The van der Waals surface area contributed by atoms with Crippen LogP contribution in [0.1, 0.15) is 112 Å². The molecule has 242 valence electrons. The van der Waals surface area contributed by atoms with E-state index < -0.39 is 5.41 Å². The fourth-order valence-corrected chi connectivity index (χ4v) is 12.2. The second-order valence-corrected chi connectivity index (χ2v) is 17.0. The topological polar surface area (TPSA) is 75.6 Å². The van der Waals surface area contributed by atoms with E-state index >= 15 is 0 Å². The van der Waals surface area contributed by atoms with Crippen LogP contribution in [0.2, 0.25) is 0 Å². The molecule has 44 heavy (non-hydrogen) atoms. The number of nitrogens with one attached hydrogen (secondary N) is 1. The molecule has 0 aromatic heterocycles. The molecule has 0 saturated heterocycles. The van der Waals surface area contributed by atoms with Crippen LogP contribution in [0.3, 0.4) is 0 Å². The van der Waals surface area contributed by atoms with E-state index in [4.69, 9.17) is 4.74 Å². The lowest BCUT2D eigenvalue weighted by Gasteiger charge is -2.72. The molecule has 2 unspecified atom stereocenters. The summed E-state index contributed by atoms with van der Waals surface area (Å²) in [7, 11) is 1.67. The molecule has 5 heteroatoms. The lowest BCUT2D eigenvalue weighted by atomic mass is 9.33. The highest BCUT2D eigenvalue weighted by molar-refractivity contribution is 6.06. The average Bonchev–Trinajstić information content (AvgIpc) is 3.29. The van der Waals surface area contributed by atoms with Crippen LogP contribution in [-0.4, -0.2) is 36.6 Å². The Kier molecular flexibility index (Phi) is 7.75. The number of ketones is 1. The predicted octanol–water partition coefficient (Wildman–Crippen LogP) is 7.70. The summed E-state index contributed by atoms with van der Waals surface area (Å²) < 4.78 is 5.30. The number of carbonyl (C=O) groups excluding carboxylic acids is 2. The fraction of sp³-hybridized carbons (Fsp3) is 0.744. The largest absolute Gasteiger partial charge is 0.497 e. The number of hydrogen-bond acceptors (Lipinski definition) is 4. The van der Waals surface area contributed by atoms with Gasteiger partial charge in [0, 0.05) is 13.0 Å². The van der Waals surface area contributed by atoms with Gasteiger partial charge in [0.2, 0.25) is 5.91 Å². The molecule has 1 aromatic rings. The van der Waals surface area contributed by atoms with Crippen molar-refractivity contribution in [2.45, 2.75) is 119 Å². The Morgan fingerprint density at radius 2 is 1.64 bits per heavy atom. The number of amides is 1. The molecule has 0 radical (unpaired) electrons. The van der Waals surface area contributed by atoms with Crippen molar-refractivity contribution in [3.63, 3.8) is 0 Å². The van der Waals surface area contributed by atoms with Gasteiger partial charge in [-0.2, -0.15) is 0 Å². The molecule has 6 rings (SSSR count). The normalized spacial score (nSPS) is 41.0. The summed E-state index contributed by atoms with van der Waals surface area (Å²) in [6.45, 7) is 17.2. The van der Waals surface area contributed by atoms with E-state index in [1.54, 1.807) is 7.11 Å². The molecule has 1 aromatic carbocycles. The van der Waals surface area contributed by atoms with Gasteiger partial charge in [-0.3, -0.25) is 9.59 Å². The molecule has 2 N–H and O–H groups in total. The van der Waals surface area contributed by atoms with Gasteiger partial charge in [-0.25, -0.2) is 0 Å². The average molecular weight is 604 g/mol. The van der Waals surface area contributed by atoms with E-state index in [0.717, 1.165) is 68.3 Å². The van der Waals surface area contributed by atoms with E-state index in [1.807, 2.05) is 12.1 Å². The number of methoxy groups -OCH3 is 1. The smallest absolute Gasteiger partial charge is 0.230 e. The van der Waals surface area contributed by atoms with E-state index in [2.05, 4.69) is 65.9 Å². The third kappa shape index (κ3) is 4.33. The predicted molar refractivity (Wildman–Crippen MR) is 175 cm³/mol. The maximum absolute atomic E-state index is 14.3. The molecule has 1 amide bonds. The zero-order valence-electron chi connectivity index (χ0n) is 28.6. The first kappa shape index (κ1) is 31.8. The van der Waals surface area contributed by atoms with Crippen molar-refractivity contribution in [1.82, 2.24) is 5.32 Å². The quantitative estimate of drug-likeness (QED) is 0.350. The molecule has 0 aliphatic heterocycles. The summed E-state index contributed by atoms with van der Waals surface area (Å²) in [5, 5.41) is 14.4. The minimum atomic E-state index is -0.706. The van der Waals surface area contributed by atoms with Crippen LogP contribution in [0, 0.1) is 50.7 Å². The number of ether oxygens (including phenoxy) is 1. The minimum Gasteiger partial charge on any atom is -0.497 e. The van der Waals surface area contributed by atoms with Crippen molar-refractivity contribution in [1.29, 1.82) is 0 Å². The summed E-state index contributed by atoms with van der Waals surface area (Å²) in [6, 6.07) is 8.03. The molecule has 5 nitrogen and oxygen atoms in total. The number of benzene rings is 1. The van der Waals surface area contributed by atoms with Gasteiger partial charge in [-0.15, -0.1) is 0 Å². The Labute approximate surface area is 266 Å². The molecule has 0 heterocycles. The molecular formula is C39H57NO4. The number of hydrogen-bond donors (Lipinski definition) is 2. The van der Waals surface area contributed by atoms with Crippen molar-refractivity contribution in [3.05, 3.63) is 41.0 Å². The summed E-state index contributed by atoms with van der Waals surface area (Å²) in [6.07, 6.45) is 9.14. The molecule has 0 spiro atoms. The number of allylic oxidation sites excluding steroid dienone is 1. The van der Waals surface area contributed by atoms with Crippen LogP contribution in [0.25, 0.3) is 0 Å². The van der Waals surface area contributed by atoms with Crippen molar-refractivity contribution < 1.29 is 19.4 Å². The number of carbonyl (C=O) groups is 2. The van der Waals surface area contributed by atoms with Gasteiger partial charge in [0.25, 0.3) is 0 Å². The SMILES string of the molecule is COc1ccc(CCNC(=O)[C@@]23CC[C@]4(C)[C@H](CCC5[C@@]6(C)CC[C@H](O)C(C)(C)C6CC[C@]54C)C2=C(C(C)C)C(=O)C3)cc1. The van der Waals surface area contributed by atoms with Crippen LogP contribution < -0.4 is 10.1 Å². The summed E-state index contributed by atoms with van der Waals surface area (Å²) in [4.78, 5) is 28.2. The van der Waals surface area contributed by atoms with Crippen LogP contribution in [-0.2, 0) is 16.0 Å². The van der Waals surface area contributed by atoms with Crippen LogP contribution in [0.15, 0.2) is 35.4 Å².